The fourth-order valence-electron chi connectivity index (χ4n) is 3.42. The highest BCUT2D eigenvalue weighted by Gasteiger charge is 2.29. The third-order valence-corrected chi connectivity index (χ3v) is 5.93. The molecule has 34 heavy (non-hydrogen) atoms. The van der Waals surface area contributed by atoms with Crippen LogP contribution < -0.4 is 24.9 Å². The summed E-state index contributed by atoms with van der Waals surface area (Å²) in [5.41, 5.74) is 1.47. The number of thiazole rings is 1. The van der Waals surface area contributed by atoms with Crippen molar-refractivity contribution in [1.82, 2.24) is 15.2 Å². The van der Waals surface area contributed by atoms with Crippen molar-refractivity contribution in [3.63, 3.8) is 0 Å². The van der Waals surface area contributed by atoms with Crippen molar-refractivity contribution in [1.29, 1.82) is 0 Å². The van der Waals surface area contributed by atoms with Crippen molar-refractivity contribution in [2.45, 2.75) is 26.1 Å². The molecule has 0 radical (unpaired) electrons. The van der Waals surface area contributed by atoms with E-state index in [0.717, 1.165) is 23.4 Å². The number of nitrogens with one attached hydrogen (secondary N) is 2. The molecule has 11 heteroatoms. The van der Waals surface area contributed by atoms with Gasteiger partial charge in [0.15, 0.2) is 16.3 Å². The molecule has 2 N–H and O–H groups in total. The van der Waals surface area contributed by atoms with Crippen molar-refractivity contribution in [3.8, 4) is 22.8 Å². The quantitative estimate of drug-likeness (QED) is 0.461. The number of ether oxygens (including phenoxy) is 2. The van der Waals surface area contributed by atoms with Gasteiger partial charge in [-0.05, 0) is 55.8 Å². The van der Waals surface area contributed by atoms with E-state index < -0.39 is 11.7 Å². The second-order valence-corrected chi connectivity index (χ2v) is 8.26. The lowest BCUT2D eigenvalue weighted by Crippen LogP contribution is -2.36. The fraction of sp³-hybridized carbons (Fsp3) is 0.304. The van der Waals surface area contributed by atoms with Gasteiger partial charge in [0.2, 0.25) is 6.79 Å². The van der Waals surface area contributed by atoms with E-state index in [1.807, 2.05) is 35.1 Å². The van der Waals surface area contributed by atoms with E-state index >= 15 is 0 Å². The highest BCUT2D eigenvalue weighted by Crippen LogP contribution is 2.36. The number of rotatable bonds is 7. The average molecular weight is 493 g/mol. The van der Waals surface area contributed by atoms with E-state index in [4.69, 9.17) is 9.47 Å². The van der Waals surface area contributed by atoms with E-state index in [1.165, 1.54) is 23.5 Å². The molecule has 0 saturated carbocycles. The minimum absolute atomic E-state index is 0.169. The number of alkyl halides is 3. The molecule has 1 aliphatic heterocycles. The average Bonchev–Trinajstić information content (AvgIpc) is 3.43. The molecule has 2 aromatic carbocycles. The number of carbonyl (C=O) groups excluding carboxylic acids is 1. The molecule has 0 fully saturated rings. The normalized spacial score (nSPS) is 13.2. The Morgan fingerprint density at radius 2 is 1.88 bits per heavy atom. The van der Waals surface area contributed by atoms with Crippen LogP contribution in [-0.2, 0) is 12.7 Å². The second-order valence-electron chi connectivity index (χ2n) is 7.42. The van der Waals surface area contributed by atoms with Crippen LogP contribution in [0.5, 0.6) is 11.5 Å². The first-order valence-corrected chi connectivity index (χ1v) is 11.5. The van der Waals surface area contributed by atoms with Gasteiger partial charge in [-0.25, -0.2) is 9.79 Å². The number of urea groups is 1. The largest absolute Gasteiger partial charge is 0.454 e. The number of fused-ring (bicyclic) bond motifs is 1. The first-order chi connectivity index (χ1) is 16.3. The summed E-state index contributed by atoms with van der Waals surface area (Å²) in [7, 11) is 0. The van der Waals surface area contributed by atoms with Crippen LogP contribution >= 0.6 is 11.3 Å². The van der Waals surface area contributed by atoms with E-state index in [9.17, 15) is 18.0 Å². The van der Waals surface area contributed by atoms with Gasteiger partial charge in [0.25, 0.3) is 0 Å². The Morgan fingerprint density at radius 1 is 1.12 bits per heavy atom. The highest BCUT2D eigenvalue weighted by molar-refractivity contribution is 7.07. The van der Waals surface area contributed by atoms with Crippen LogP contribution in [0.1, 0.15) is 18.9 Å². The molecular weight excluding hydrogens is 469 g/mol. The summed E-state index contributed by atoms with van der Waals surface area (Å²) < 4.78 is 51.5. The predicted molar refractivity (Wildman–Crippen MR) is 122 cm³/mol. The molecule has 0 atom stereocenters. The van der Waals surface area contributed by atoms with E-state index in [-0.39, 0.29) is 12.8 Å². The summed E-state index contributed by atoms with van der Waals surface area (Å²) in [6.07, 6.45) is -3.77. The summed E-state index contributed by atoms with van der Waals surface area (Å²) in [5.74, 6) is 1.32. The SMILES string of the molecule is CCNC(=O)NCCCn1c(-c2ccc3c(c2)OCO3)csc1=Nc1ccc(C(F)(F)F)cc1. The smallest absolute Gasteiger partial charge is 0.416 e. The van der Waals surface area contributed by atoms with Crippen molar-refractivity contribution < 1.29 is 27.4 Å². The van der Waals surface area contributed by atoms with Gasteiger partial charge in [-0.1, -0.05) is 0 Å². The maximum atomic E-state index is 12.9. The number of benzene rings is 2. The molecule has 2 heterocycles. The third kappa shape index (κ3) is 5.53. The lowest BCUT2D eigenvalue weighted by atomic mass is 10.1. The first kappa shape index (κ1) is 23.7. The summed E-state index contributed by atoms with van der Waals surface area (Å²) >= 11 is 1.38. The Morgan fingerprint density at radius 3 is 2.62 bits per heavy atom. The monoisotopic (exact) mass is 492 g/mol. The van der Waals surface area contributed by atoms with Crippen molar-refractivity contribution in [2.24, 2.45) is 4.99 Å². The second kappa shape index (κ2) is 10.2. The zero-order valence-corrected chi connectivity index (χ0v) is 19.1. The molecule has 0 aliphatic carbocycles. The molecule has 180 valence electrons. The van der Waals surface area contributed by atoms with Crippen LogP contribution in [0, 0.1) is 0 Å². The number of carbonyl (C=O) groups is 1. The summed E-state index contributed by atoms with van der Waals surface area (Å²) in [6.45, 7) is 3.54. The summed E-state index contributed by atoms with van der Waals surface area (Å²) in [6, 6.07) is 10.1. The highest BCUT2D eigenvalue weighted by atomic mass is 32.1. The Bertz CT molecular complexity index is 1220. The Balaban J connectivity index is 1.63. The van der Waals surface area contributed by atoms with Crippen LogP contribution in [0.15, 0.2) is 52.8 Å². The molecule has 0 unspecified atom stereocenters. The Hall–Kier alpha value is -3.47. The maximum absolute atomic E-state index is 12.9. The van der Waals surface area contributed by atoms with Gasteiger partial charge in [0.05, 0.1) is 16.9 Å². The van der Waals surface area contributed by atoms with Crippen LogP contribution in [0.2, 0.25) is 0 Å². The van der Waals surface area contributed by atoms with Gasteiger partial charge in [0, 0.05) is 30.6 Å². The third-order valence-electron chi connectivity index (χ3n) is 5.07. The molecule has 0 spiro atoms. The number of halogens is 3. The number of nitrogens with zero attached hydrogens (tertiary/aromatic N) is 2. The predicted octanol–water partition coefficient (Wildman–Crippen LogP) is 4.91. The topological polar surface area (TPSA) is 76.9 Å². The fourth-order valence-corrected chi connectivity index (χ4v) is 4.37. The zero-order valence-electron chi connectivity index (χ0n) is 18.3. The molecule has 2 amide bonds. The molecule has 4 rings (SSSR count). The van der Waals surface area contributed by atoms with Crippen LogP contribution in [0.25, 0.3) is 11.3 Å². The van der Waals surface area contributed by atoms with Gasteiger partial charge in [0.1, 0.15) is 0 Å². The molecule has 0 saturated heterocycles. The Kier molecular flexibility index (Phi) is 7.11. The van der Waals surface area contributed by atoms with Crippen molar-refractivity contribution >= 4 is 23.1 Å². The minimum atomic E-state index is -4.40. The van der Waals surface area contributed by atoms with Gasteiger partial charge in [-0.2, -0.15) is 13.2 Å². The van der Waals surface area contributed by atoms with Crippen molar-refractivity contribution in [2.75, 3.05) is 19.9 Å². The zero-order chi connectivity index (χ0) is 24.1. The van der Waals surface area contributed by atoms with Gasteiger partial charge in [-0.15, -0.1) is 11.3 Å². The van der Waals surface area contributed by atoms with Crippen LogP contribution in [0.3, 0.4) is 0 Å². The van der Waals surface area contributed by atoms with Gasteiger partial charge < -0.3 is 24.7 Å². The maximum Gasteiger partial charge on any atom is 0.416 e. The van der Waals surface area contributed by atoms with Crippen molar-refractivity contribution in [3.05, 3.63) is 58.2 Å². The molecular formula is C23H23F3N4O3S. The molecule has 1 aliphatic rings. The van der Waals surface area contributed by atoms with Crippen LogP contribution in [0.4, 0.5) is 23.7 Å². The van der Waals surface area contributed by atoms with E-state index in [1.54, 1.807) is 0 Å². The van der Waals surface area contributed by atoms with E-state index in [2.05, 4.69) is 15.6 Å². The molecule has 0 bridgehead atoms. The number of hydrogen-bond acceptors (Lipinski definition) is 5. The molecule has 7 nitrogen and oxygen atoms in total. The van der Waals surface area contributed by atoms with Crippen LogP contribution in [-0.4, -0.2) is 30.5 Å². The summed E-state index contributed by atoms with van der Waals surface area (Å²) in [5, 5.41) is 7.42. The number of hydrogen-bond donors (Lipinski definition) is 2. The standard InChI is InChI=1S/C23H23F3N4O3S/c1-2-27-21(31)28-10-3-11-30-18(15-4-9-19-20(12-15)33-14-32-19)13-34-22(30)29-17-7-5-16(6-8-17)23(24,25)26/h4-9,12-13H,2-3,10-11,14H2,1H3,(H2,27,28,31). The minimum Gasteiger partial charge on any atom is -0.454 e. The number of aromatic nitrogens is 1. The van der Waals surface area contributed by atoms with E-state index in [0.29, 0.717) is 48.0 Å². The summed E-state index contributed by atoms with van der Waals surface area (Å²) in [4.78, 5) is 16.9. The molecule has 3 aromatic rings. The Labute approximate surface area is 197 Å². The van der Waals surface area contributed by atoms with Gasteiger partial charge >= 0.3 is 12.2 Å². The lowest BCUT2D eigenvalue weighted by Gasteiger charge is -2.11. The number of amides is 2. The van der Waals surface area contributed by atoms with Gasteiger partial charge in [-0.3, -0.25) is 0 Å². The first-order valence-electron chi connectivity index (χ1n) is 10.7. The molecule has 1 aromatic heterocycles. The lowest BCUT2D eigenvalue weighted by molar-refractivity contribution is -0.137.